The van der Waals surface area contributed by atoms with E-state index in [2.05, 4.69) is 18.7 Å². The van der Waals surface area contributed by atoms with E-state index in [1.54, 1.807) is 6.08 Å². The molecule has 0 amide bonds. The first kappa shape index (κ1) is 13.1. The summed E-state index contributed by atoms with van der Waals surface area (Å²) in [6.45, 7) is 5.09. The highest BCUT2D eigenvalue weighted by Gasteiger charge is 2.10. The van der Waals surface area contributed by atoms with Gasteiger partial charge in [0.2, 0.25) is 0 Å². The minimum absolute atomic E-state index is 0.308. The maximum Gasteiger partial charge on any atom is 0.303 e. The Morgan fingerprint density at radius 3 is 2.16 bits per heavy atom. The predicted molar refractivity (Wildman–Crippen MR) is 76.6 cm³/mol. The van der Waals surface area contributed by atoms with Gasteiger partial charge >= 0.3 is 5.97 Å². The largest absolute Gasteiger partial charge is 0.453 e. The molecule has 2 aromatic rings. The number of benzene rings is 2. The van der Waals surface area contributed by atoms with Crippen molar-refractivity contribution in [3.05, 3.63) is 72.8 Å². The predicted octanol–water partition coefficient (Wildman–Crippen LogP) is 4.14. The van der Waals surface area contributed by atoms with Crippen LogP contribution < -0.4 is 0 Å². The zero-order chi connectivity index (χ0) is 13.7. The van der Waals surface area contributed by atoms with Crippen LogP contribution >= 0.6 is 0 Å². The molecule has 19 heavy (non-hydrogen) atoms. The Balaban J connectivity index is 2.23. The molecule has 0 saturated carbocycles. The average molecular weight is 252 g/mol. The molecule has 0 N–H and O–H groups in total. The molecule has 0 aromatic heterocycles. The highest BCUT2D eigenvalue weighted by atomic mass is 16.5. The van der Waals surface area contributed by atoms with E-state index < -0.39 is 0 Å². The average Bonchev–Trinajstić information content (AvgIpc) is 2.46. The molecule has 1 unspecified atom stereocenters. The Bertz CT molecular complexity index is 556. The number of rotatable bonds is 4. The molecule has 0 spiro atoms. The highest BCUT2D eigenvalue weighted by Crippen LogP contribution is 2.24. The molecule has 0 fully saturated rings. The molecule has 0 radical (unpaired) electrons. The monoisotopic (exact) mass is 252 g/mol. The van der Waals surface area contributed by atoms with Crippen LogP contribution in [0.4, 0.5) is 0 Å². The third-order valence-corrected chi connectivity index (χ3v) is 2.85. The fraction of sp³-hybridized carbons (Fsp3) is 0.118. The summed E-state index contributed by atoms with van der Waals surface area (Å²) in [4.78, 5) is 11.0. The van der Waals surface area contributed by atoms with Gasteiger partial charge in [0.15, 0.2) is 0 Å². The quantitative estimate of drug-likeness (QED) is 0.603. The Labute approximate surface area is 113 Å². The molecular weight excluding hydrogens is 236 g/mol. The third kappa shape index (κ3) is 3.32. The minimum Gasteiger partial charge on any atom is -0.453 e. The van der Waals surface area contributed by atoms with Gasteiger partial charge in [0.05, 0.1) is 0 Å². The summed E-state index contributed by atoms with van der Waals surface area (Å²) in [5.74, 6) is -0.308. The lowest BCUT2D eigenvalue weighted by molar-refractivity contribution is -0.144. The lowest BCUT2D eigenvalue weighted by atomic mass is 10.0. The number of carbonyl (C=O) groups excluding carboxylic acids is 1. The Kier molecular flexibility index (Phi) is 4.14. The van der Waals surface area contributed by atoms with Gasteiger partial charge in [0, 0.05) is 6.92 Å². The van der Waals surface area contributed by atoms with E-state index in [0.717, 1.165) is 16.7 Å². The van der Waals surface area contributed by atoms with E-state index in [1.165, 1.54) is 6.92 Å². The van der Waals surface area contributed by atoms with E-state index in [0.29, 0.717) is 0 Å². The summed E-state index contributed by atoms with van der Waals surface area (Å²) in [7, 11) is 0. The Morgan fingerprint density at radius 2 is 1.63 bits per heavy atom. The molecule has 2 heteroatoms. The van der Waals surface area contributed by atoms with Crippen LogP contribution in [-0.2, 0) is 9.53 Å². The summed E-state index contributed by atoms with van der Waals surface area (Å²) in [6, 6.07) is 18.1. The van der Waals surface area contributed by atoms with Crippen molar-refractivity contribution in [1.29, 1.82) is 0 Å². The molecule has 2 aromatic carbocycles. The fourth-order valence-corrected chi connectivity index (χ4v) is 1.93. The van der Waals surface area contributed by atoms with Crippen LogP contribution in [-0.4, -0.2) is 5.97 Å². The summed E-state index contributed by atoms with van der Waals surface area (Å²) < 4.78 is 5.17. The van der Waals surface area contributed by atoms with Crippen LogP contribution in [0.1, 0.15) is 18.6 Å². The molecule has 0 saturated heterocycles. The van der Waals surface area contributed by atoms with Crippen molar-refractivity contribution in [3.8, 4) is 11.1 Å². The molecule has 2 rings (SSSR count). The first-order valence-electron chi connectivity index (χ1n) is 6.16. The molecule has 0 bridgehead atoms. The lowest BCUT2D eigenvalue weighted by Crippen LogP contribution is -2.05. The molecule has 0 heterocycles. The number of ether oxygens (including phenoxy) is 1. The van der Waals surface area contributed by atoms with Gasteiger partial charge in [-0.15, -0.1) is 0 Å². The third-order valence-electron chi connectivity index (χ3n) is 2.85. The second-order valence-electron chi connectivity index (χ2n) is 4.25. The van der Waals surface area contributed by atoms with Gasteiger partial charge < -0.3 is 4.74 Å². The fourth-order valence-electron chi connectivity index (χ4n) is 1.93. The first-order chi connectivity index (χ1) is 9.20. The van der Waals surface area contributed by atoms with E-state index in [4.69, 9.17) is 4.74 Å². The molecule has 2 nitrogen and oxygen atoms in total. The van der Waals surface area contributed by atoms with Crippen molar-refractivity contribution >= 4 is 5.97 Å². The standard InChI is InChI=1S/C17H16O2/c1-3-17(19-13(2)18)16-11-9-15(10-12-16)14-7-5-4-6-8-14/h3-12,17H,1H2,2H3. The number of carbonyl (C=O) groups is 1. The number of hydrogen-bond acceptors (Lipinski definition) is 2. The van der Waals surface area contributed by atoms with Crippen molar-refractivity contribution in [2.45, 2.75) is 13.0 Å². The molecule has 0 aliphatic carbocycles. The first-order valence-corrected chi connectivity index (χ1v) is 6.16. The van der Waals surface area contributed by atoms with Gasteiger partial charge in [0.25, 0.3) is 0 Å². The van der Waals surface area contributed by atoms with Gasteiger partial charge in [-0.05, 0) is 22.8 Å². The van der Waals surface area contributed by atoms with Crippen LogP contribution in [0.5, 0.6) is 0 Å². The van der Waals surface area contributed by atoms with Gasteiger partial charge in [-0.3, -0.25) is 4.79 Å². The second kappa shape index (κ2) is 6.01. The number of hydrogen-bond donors (Lipinski definition) is 0. The second-order valence-corrected chi connectivity index (χ2v) is 4.25. The van der Waals surface area contributed by atoms with E-state index >= 15 is 0 Å². The van der Waals surface area contributed by atoms with Crippen LogP contribution in [0, 0.1) is 0 Å². The van der Waals surface area contributed by atoms with Crippen molar-refractivity contribution in [2.75, 3.05) is 0 Å². The van der Waals surface area contributed by atoms with Gasteiger partial charge in [-0.25, -0.2) is 0 Å². The van der Waals surface area contributed by atoms with Crippen LogP contribution in [0.2, 0.25) is 0 Å². The van der Waals surface area contributed by atoms with Crippen molar-refractivity contribution in [2.24, 2.45) is 0 Å². The minimum atomic E-state index is -0.387. The normalized spacial score (nSPS) is 11.6. The number of esters is 1. The van der Waals surface area contributed by atoms with Crippen molar-refractivity contribution in [1.82, 2.24) is 0 Å². The topological polar surface area (TPSA) is 26.3 Å². The van der Waals surface area contributed by atoms with E-state index in [-0.39, 0.29) is 12.1 Å². The summed E-state index contributed by atoms with van der Waals surface area (Å²) >= 11 is 0. The highest BCUT2D eigenvalue weighted by molar-refractivity contribution is 5.67. The van der Waals surface area contributed by atoms with Crippen molar-refractivity contribution in [3.63, 3.8) is 0 Å². The molecule has 0 aliphatic rings. The van der Waals surface area contributed by atoms with Crippen LogP contribution in [0.25, 0.3) is 11.1 Å². The smallest absolute Gasteiger partial charge is 0.303 e. The summed E-state index contributed by atoms with van der Waals surface area (Å²) in [5, 5.41) is 0. The molecule has 1 atom stereocenters. The van der Waals surface area contributed by atoms with Crippen molar-refractivity contribution < 1.29 is 9.53 Å². The van der Waals surface area contributed by atoms with Gasteiger partial charge in [-0.1, -0.05) is 61.2 Å². The summed E-state index contributed by atoms with van der Waals surface area (Å²) in [6.07, 6.45) is 1.24. The molecule has 96 valence electrons. The van der Waals surface area contributed by atoms with Gasteiger partial charge in [-0.2, -0.15) is 0 Å². The Morgan fingerprint density at radius 1 is 1.05 bits per heavy atom. The van der Waals surface area contributed by atoms with E-state index in [9.17, 15) is 4.79 Å². The summed E-state index contributed by atoms with van der Waals surface area (Å²) in [5.41, 5.74) is 3.22. The SMILES string of the molecule is C=CC(OC(C)=O)c1ccc(-c2ccccc2)cc1. The van der Waals surface area contributed by atoms with Gasteiger partial charge in [0.1, 0.15) is 6.10 Å². The van der Waals surface area contributed by atoms with Crippen LogP contribution in [0.15, 0.2) is 67.3 Å². The zero-order valence-corrected chi connectivity index (χ0v) is 10.9. The maximum atomic E-state index is 11.0. The zero-order valence-electron chi connectivity index (χ0n) is 10.9. The van der Waals surface area contributed by atoms with Crippen LogP contribution in [0.3, 0.4) is 0 Å². The molecule has 0 aliphatic heterocycles. The molecular formula is C17H16O2. The Hall–Kier alpha value is -2.35. The lowest BCUT2D eigenvalue weighted by Gasteiger charge is -2.13. The van der Waals surface area contributed by atoms with E-state index in [1.807, 2.05) is 42.5 Å². The maximum absolute atomic E-state index is 11.0.